The molecule has 0 aromatic rings. The van der Waals surface area contributed by atoms with Crippen LogP contribution in [0.15, 0.2) is 5.10 Å². The van der Waals surface area contributed by atoms with E-state index >= 15 is 0 Å². The van der Waals surface area contributed by atoms with Gasteiger partial charge in [0.2, 0.25) is 5.90 Å². The molecule has 0 bridgehead atoms. The lowest BCUT2D eigenvalue weighted by atomic mass is 10.4. The van der Waals surface area contributed by atoms with Gasteiger partial charge in [0.1, 0.15) is 0 Å². The summed E-state index contributed by atoms with van der Waals surface area (Å²) in [6.07, 6.45) is -4.53. The van der Waals surface area contributed by atoms with Crippen molar-refractivity contribution >= 4 is 5.90 Å². The van der Waals surface area contributed by atoms with Gasteiger partial charge in [0.25, 0.3) is 0 Å². The van der Waals surface area contributed by atoms with Gasteiger partial charge in [0, 0.05) is 13.5 Å². The molecule has 11 heavy (non-hydrogen) atoms. The highest BCUT2D eigenvalue weighted by molar-refractivity contribution is 5.78. The molecule has 0 aromatic carbocycles. The minimum absolute atomic E-state index is 0.0933. The number of hydrazone groups is 1. The fourth-order valence-corrected chi connectivity index (χ4v) is 0.663. The molecule has 0 saturated carbocycles. The first-order chi connectivity index (χ1) is 4.97. The predicted molar refractivity (Wildman–Crippen MR) is 31.3 cm³/mol. The lowest BCUT2D eigenvalue weighted by molar-refractivity contribution is -0.284. The van der Waals surface area contributed by atoms with Crippen LogP contribution in [-0.4, -0.2) is 24.3 Å². The van der Waals surface area contributed by atoms with E-state index < -0.39 is 6.36 Å². The Labute approximate surface area is 61.4 Å². The fraction of sp³-hybridized carbons (Fsp3) is 0.600. The molecule has 0 unspecified atom stereocenters. The maximum Gasteiger partial charge on any atom is 0.574 e. The van der Waals surface area contributed by atoms with E-state index in [4.69, 9.17) is 0 Å². The summed E-state index contributed by atoms with van der Waals surface area (Å²) in [5, 5.41) is 4.70. The molecule has 0 aliphatic carbocycles. The van der Waals surface area contributed by atoms with Crippen molar-refractivity contribution in [3.63, 3.8) is 0 Å². The Bertz CT molecular complexity index is 177. The van der Waals surface area contributed by atoms with Crippen LogP contribution in [-0.2, 0) is 4.74 Å². The van der Waals surface area contributed by atoms with Crippen molar-refractivity contribution in [3.05, 3.63) is 6.54 Å². The van der Waals surface area contributed by atoms with Gasteiger partial charge in [0.05, 0.1) is 6.54 Å². The van der Waals surface area contributed by atoms with Crippen LogP contribution in [0.25, 0.3) is 0 Å². The first kappa shape index (κ1) is 8.16. The second kappa shape index (κ2) is 2.60. The summed E-state index contributed by atoms with van der Waals surface area (Å²) >= 11 is 0. The Hall–Kier alpha value is -0.940. The molecule has 0 amide bonds. The van der Waals surface area contributed by atoms with Gasteiger partial charge in [-0.1, -0.05) is 0 Å². The lowest BCUT2D eigenvalue weighted by Gasteiger charge is -2.06. The van der Waals surface area contributed by atoms with Gasteiger partial charge in [-0.2, -0.15) is 0 Å². The van der Waals surface area contributed by atoms with Crippen molar-refractivity contribution in [1.29, 1.82) is 0 Å². The Morgan fingerprint density at radius 3 is 2.64 bits per heavy atom. The molecular formula is C5H6F3N2O. The summed E-state index contributed by atoms with van der Waals surface area (Å²) < 4.78 is 38.0. The molecule has 0 saturated heterocycles. The zero-order valence-electron chi connectivity index (χ0n) is 5.72. The van der Waals surface area contributed by atoms with E-state index in [1.54, 1.807) is 0 Å². The summed E-state index contributed by atoms with van der Waals surface area (Å²) in [6.45, 7) is 1.49. The second-order valence-corrected chi connectivity index (χ2v) is 2.00. The molecule has 6 heteroatoms. The van der Waals surface area contributed by atoms with Gasteiger partial charge < -0.3 is 4.74 Å². The van der Waals surface area contributed by atoms with Crippen molar-refractivity contribution < 1.29 is 17.9 Å². The molecule has 0 N–H and O–H groups in total. The van der Waals surface area contributed by atoms with Gasteiger partial charge in [-0.25, -0.2) is 0 Å². The summed E-state index contributed by atoms with van der Waals surface area (Å²) in [5.74, 6) is -0.319. The minimum atomic E-state index is -4.63. The van der Waals surface area contributed by atoms with Crippen molar-refractivity contribution in [2.45, 2.75) is 12.8 Å². The fourth-order valence-electron chi connectivity index (χ4n) is 0.663. The minimum Gasteiger partial charge on any atom is -0.390 e. The highest BCUT2D eigenvalue weighted by Gasteiger charge is 2.34. The van der Waals surface area contributed by atoms with E-state index in [1.807, 2.05) is 0 Å². The van der Waals surface area contributed by atoms with Gasteiger partial charge in [-0.05, 0) is 0 Å². The van der Waals surface area contributed by atoms with Crippen LogP contribution in [0.2, 0.25) is 0 Å². The Kier molecular flexibility index (Phi) is 1.92. The second-order valence-electron chi connectivity index (χ2n) is 2.00. The van der Waals surface area contributed by atoms with E-state index in [0.29, 0.717) is 0 Å². The van der Waals surface area contributed by atoms with Crippen LogP contribution >= 0.6 is 0 Å². The molecule has 3 nitrogen and oxygen atoms in total. The maximum absolute atomic E-state index is 11.5. The van der Waals surface area contributed by atoms with E-state index in [1.165, 1.54) is 18.6 Å². The molecule has 0 spiro atoms. The molecule has 1 heterocycles. The third-order valence-electron chi connectivity index (χ3n) is 1.03. The van der Waals surface area contributed by atoms with E-state index in [2.05, 4.69) is 9.84 Å². The van der Waals surface area contributed by atoms with Crippen molar-refractivity contribution in [2.24, 2.45) is 5.10 Å². The number of nitrogens with zero attached hydrogens (tertiary/aromatic N) is 2. The van der Waals surface area contributed by atoms with Gasteiger partial charge in [0.15, 0.2) is 0 Å². The molecule has 1 aliphatic rings. The number of alkyl halides is 3. The van der Waals surface area contributed by atoms with Gasteiger partial charge in [-0.3, -0.25) is 5.01 Å². The zero-order valence-corrected chi connectivity index (χ0v) is 5.72. The van der Waals surface area contributed by atoms with Crippen LogP contribution < -0.4 is 0 Å². The van der Waals surface area contributed by atoms with Crippen LogP contribution in [0, 0.1) is 6.54 Å². The van der Waals surface area contributed by atoms with Crippen LogP contribution in [0.5, 0.6) is 0 Å². The predicted octanol–water partition coefficient (Wildman–Crippen LogP) is 1.33. The molecule has 1 rings (SSSR count). The quantitative estimate of drug-likeness (QED) is 0.543. The average Bonchev–Trinajstić information content (AvgIpc) is 2.10. The maximum atomic E-state index is 11.5. The topological polar surface area (TPSA) is 24.8 Å². The number of rotatable bonds is 0. The zero-order chi connectivity index (χ0) is 8.48. The van der Waals surface area contributed by atoms with Crippen molar-refractivity contribution in [2.75, 3.05) is 7.05 Å². The summed E-state index contributed by atoms with van der Waals surface area (Å²) in [6, 6.07) is 0. The summed E-state index contributed by atoms with van der Waals surface area (Å²) in [7, 11) is 1.53. The highest BCUT2D eigenvalue weighted by Crippen LogP contribution is 2.20. The highest BCUT2D eigenvalue weighted by atomic mass is 19.4. The monoisotopic (exact) mass is 167 g/mol. The number of hydrogen-bond acceptors (Lipinski definition) is 3. The molecular weight excluding hydrogens is 161 g/mol. The van der Waals surface area contributed by atoms with Crippen LogP contribution in [0.3, 0.4) is 0 Å². The smallest absolute Gasteiger partial charge is 0.390 e. The molecule has 0 aromatic heterocycles. The van der Waals surface area contributed by atoms with Crippen molar-refractivity contribution in [3.8, 4) is 0 Å². The van der Waals surface area contributed by atoms with Crippen LogP contribution in [0.1, 0.15) is 6.42 Å². The third kappa shape index (κ3) is 2.65. The largest absolute Gasteiger partial charge is 0.574 e. The number of halogens is 3. The number of hydrogen-bond donors (Lipinski definition) is 0. The third-order valence-corrected chi connectivity index (χ3v) is 1.03. The SMILES string of the molecule is CN1[CH]CC(OC(F)(F)F)=N1. The van der Waals surface area contributed by atoms with Crippen LogP contribution in [0.4, 0.5) is 13.2 Å². The Morgan fingerprint density at radius 2 is 2.27 bits per heavy atom. The number of ether oxygens (including phenoxy) is 1. The van der Waals surface area contributed by atoms with Gasteiger partial charge in [-0.15, -0.1) is 18.3 Å². The first-order valence-corrected chi connectivity index (χ1v) is 2.87. The van der Waals surface area contributed by atoms with Gasteiger partial charge >= 0.3 is 6.36 Å². The van der Waals surface area contributed by atoms with Crippen molar-refractivity contribution in [1.82, 2.24) is 5.01 Å². The first-order valence-electron chi connectivity index (χ1n) is 2.87. The molecule has 1 radical (unpaired) electrons. The van der Waals surface area contributed by atoms with E-state index in [0.717, 1.165) is 0 Å². The average molecular weight is 167 g/mol. The van der Waals surface area contributed by atoms with E-state index in [-0.39, 0.29) is 12.3 Å². The summed E-state index contributed by atoms with van der Waals surface area (Å²) in [4.78, 5) is 0. The molecule has 63 valence electrons. The summed E-state index contributed by atoms with van der Waals surface area (Å²) in [5.41, 5.74) is 0. The Morgan fingerprint density at radius 1 is 1.64 bits per heavy atom. The Balaban J connectivity index is 2.45. The van der Waals surface area contributed by atoms with E-state index in [9.17, 15) is 13.2 Å². The normalized spacial score (nSPS) is 18.5. The molecule has 0 fully saturated rings. The standard InChI is InChI=1S/C5H6F3N2O/c1-10-3-2-4(9-10)11-5(6,7)8/h3H,2H2,1H3. The lowest BCUT2D eigenvalue weighted by Crippen LogP contribution is -2.17. The molecule has 1 aliphatic heterocycles. The molecule has 0 atom stereocenters.